The van der Waals surface area contributed by atoms with Gasteiger partial charge in [0.1, 0.15) is 17.8 Å². The van der Waals surface area contributed by atoms with Gasteiger partial charge in [-0.05, 0) is 12.5 Å². The van der Waals surface area contributed by atoms with Gasteiger partial charge in [-0.2, -0.15) is 4.98 Å². The molecule has 0 bridgehead atoms. The van der Waals surface area contributed by atoms with Gasteiger partial charge in [-0.25, -0.2) is 4.98 Å². The van der Waals surface area contributed by atoms with Crippen molar-refractivity contribution < 1.29 is 9.47 Å². The first-order valence-corrected chi connectivity index (χ1v) is 7.35. The Kier molecular flexibility index (Phi) is 5.82. The van der Waals surface area contributed by atoms with Gasteiger partial charge in [-0.15, -0.1) is 0 Å². The SMILES string of the molecule is CCCCOc1ncnc(NCc2ccccc2OC)c1N. The fraction of sp³-hybridized carbons (Fsp3) is 0.375. The number of para-hydroxylation sites is 1. The van der Waals surface area contributed by atoms with E-state index in [1.165, 1.54) is 6.33 Å². The van der Waals surface area contributed by atoms with Crippen molar-refractivity contribution in [1.29, 1.82) is 0 Å². The van der Waals surface area contributed by atoms with Gasteiger partial charge in [-0.1, -0.05) is 31.5 Å². The summed E-state index contributed by atoms with van der Waals surface area (Å²) in [5.74, 6) is 1.81. The Labute approximate surface area is 130 Å². The molecule has 2 rings (SSSR count). The van der Waals surface area contributed by atoms with Crippen molar-refractivity contribution in [2.75, 3.05) is 24.8 Å². The Bertz CT molecular complexity index is 604. The van der Waals surface area contributed by atoms with Crippen molar-refractivity contribution >= 4 is 11.5 Å². The van der Waals surface area contributed by atoms with Crippen molar-refractivity contribution in [3.8, 4) is 11.6 Å². The molecule has 0 aliphatic rings. The molecule has 0 saturated heterocycles. The minimum Gasteiger partial charge on any atom is -0.496 e. The summed E-state index contributed by atoms with van der Waals surface area (Å²) in [5, 5.41) is 3.20. The van der Waals surface area contributed by atoms with Crippen LogP contribution in [0.3, 0.4) is 0 Å². The topological polar surface area (TPSA) is 82.3 Å². The van der Waals surface area contributed by atoms with E-state index in [1.807, 2.05) is 24.3 Å². The molecule has 0 unspecified atom stereocenters. The zero-order valence-corrected chi connectivity index (χ0v) is 13.0. The molecule has 1 aromatic carbocycles. The Morgan fingerprint density at radius 3 is 2.82 bits per heavy atom. The number of rotatable bonds is 8. The maximum absolute atomic E-state index is 6.06. The first-order valence-electron chi connectivity index (χ1n) is 7.35. The van der Waals surface area contributed by atoms with Gasteiger partial charge in [0.25, 0.3) is 0 Å². The van der Waals surface area contributed by atoms with Crippen molar-refractivity contribution in [2.24, 2.45) is 0 Å². The van der Waals surface area contributed by atoms with Crippen LogP contribution in [0.2, 0.25) is 0 Å². The summed E-state index contributed by atoms with van der Waals surface area (Å²) >= 11 is 0. The molecule has 0 amide bonds. The number of nitrogens with zero attached hydrogens (tertiary/aromatic N) is 2. The van der Waals surface area contributed by atoms with Crippen LogP contribution in [0.1, 0.15) is 25.3 Å². The molecule has 22 heavy (non-hydrogen) atoms. The summed E-state index contributed by atoms with van der Waals surface area (Å²) in [7, 11) is 1.65. The van der Waals surface area contributed by atoms with Crippen molar-refractivity contribution in [1.82, 2.24) is 9.97 Å². The average Bonchev–Trinajstić information content (AvgIpc) is 2.56. The molecule has 0 radical (unpaired) electrons. The summed E-state index contributed by atoms with van der Waals surface area (Å²) < 4.78 is 10.9. The largest absolute Gasteiger partial charge is 0.496 e. The number of nitrogen functional groups attached to an aromatic ring is 1. The third kappa shape index (κ3) is 4.00. The summed E-state index contributed by atoms with van der Waals surface area (Å²) in [6.45, 7) is 3.26. The van der Waals surface area contributed by atoms with E-state index < -0.39 is 0 Å². The maximum atomic E-state index is 6.06. The lowest BCUT2D eigenvalue weighted by molar-refractivity contribution is 0.299. The van der Waals surface area contributed by atoms with Crippen LogP contribution in [0, 0.1) is 0 Å². The van der Waals surface area contributed by atoms with E-state index in [4.69, 9.17) is 15.2 Å². The minimum absolute atomic E-state index is 0.422. The van der Waals surface area contributed by atoms with Crippen molar-refractivity contribution in [3.05, 3.63) is 36.2 Å². The lowest BCUT2D eigenvalue weighted by Crippen LogP contribution is -2.09. The number of anilines is 2. The molecule has 0 spiro atoms. The minimum atomic E-state index is 0.422. The molecule has 2 aromatic rings. The van der Waals surface area contributed by atoms with E-state index in [0.717, 1.165) is 24.2 Å². The Morgan fingerprint density at radius 2 is 2.05 bits per heavy atom. The van der Waals surface area contributed by atoms with Crippen LogP contribution < -0.4 is 20.5 Å². The van der Waals surface area contributed by atoms with E-state index in [9.17, 15) is 0 Å². The van der Waals surface area contributed by atoms with Gasteiger partial charge >= 0.3 is 0 Å². The van der Waals surface area contributed by atoms with E-state index in [-0.39, 0.29) is 0 Å². The summed E-state index contributed by atoms with van der Waals surface area (Å²) in [4.78, 5) is 8.25. The first-order chi connectivity index (χ1) is 10.8. The highest BCUT2D eigenvalue weighted by atomic mass is 16.5. The third-order valence-electron chi connectivity index (χ3n) is 3.22. The normalized spacial score (nSPS) is 10.3. The molecule has 1 aromatic heterocycles. The predicted molar refractivity (Wildman–Crippen MR) is 87.2 cm³/mol. The van der Waals surface area contributed by atoms with Gasteiger partial charge in [0.15, 0.2) is 5.82 Å². The zero-order valence-electron chi connectivity index (χ0n) is 13.0. The molecule has 1 heterocycles. The van der Waals surface area contributed by atoms with Gasteiger partial charge in [0, 0.05) is 12.1 Å². The summed E-state index contributed by atoms with van der Waals surface area (Å²) in [6.07, 6.45) is 3.47. The number of nitrogens with two attached hydrogens (primary N) is 1. The van der Waals surface area contributed by atoms with Gasteiger partial charge in [-0.3, -0.25) is 0 Å². The molecule has 0 fully saturated rings. The lowest BCUT2D eigenvalue weighted by atomic mass is 10.2. The molecule has 6 heteroatoms. The number of nitrogens with one attached hydrogen (secondary N) is 1. The molecular formula is C16H22N4O2. The lowest BCUT2D eigenvalue weighted by Gasteiger charge is -2.13. The van der Waals surface area contributed by atoms with Crippen LogP contribution in [0.4, 0.5) is 11.5 Å². The third-order valence-corrected chi connectivity index (χ3v) is 3.22. The number of hydrogen-bond acceptors (Lipinski definition) is 6. The quantitative estimate of drug-likeness (QED) is 0.730. The van der Waals surface area contributed by atoms with Crippen LogP contribution >= 0.6 is 0 Å². The smallest absolute Gasteiger partial charge is 0.242 e. The Morgan fingerprint density at radius 1 is 1.23 bits per heavy atom. The fourth-order valence-corrected chi connectivity index (χ4v) is 1.98. The molecule has 0 saturated carbocycles. The van der Waals surface area contributed by atoms with Gasteiger partial charge < -0.3 is 20.5 Å². The second-order valence-electron chi connectivity index (χ2n) is 4.81. The van der Waals surface area contributed by atoms with Crippen LogP contribution in [0.15, 0.2) is 30.6 Å². The highest BCUT2D eigenvalue weighted by molar-refractivity contribution is 5.66. The fourth-order valence-electron chi connectivity index (χ4n) is 1.98. The molecule has 3 N–H and O–H groups in total. The van der Waals surface area contributed by atoms with Crippen LogP contribution in [-0.2, 0) is 6.54 Å². The molecule has 0 aliphatic carbocycles. The highest BCUT2D eigenvalue weighted by Gasteiger charge is 2.10. The summed E-state index contributed by atoms with van der Waals surface area (Å²) in [5.41, 5.74) is 7.51. The standard InChI is InChI=1S/C16H22N4O2/c1-3-4-9-22-16-14(17)15(19-11-20-16)18-10-12-7-5-6-8-13(12)21-2/h5-8,11H,3-4,9-10,17H2,1-2H3,(H,18,19,20). The maximum Gasteiger partial charge on any atom is 0.242 e. The van der Waals surface area contributed by atoms with Gasteiger partial charge in [0.05, 0.1) is 13.7 Å². The molecule has 6 nitrogen and oxygen atoms in total. The van der Waals surface area contributed by atoms with E-state index >= 15 is 0 Å². The molecule has 0 atom stereocenters. The average molecular weight is 302 g/mol. The number of benzene rings is 1. The van der Waals surface area contributed by atoms with Crippen molar-refractivity contribution in [3.63, 3.8) is 0 Å². The highest BCUT2D eigenvalue weighted by Crippen LogP contribution is 2.26. The van der Waals surface area contributed by atoms with Crippen LogP contribution in [0.25, 0.3) is 0 Å². The monoisotopic (exact) mass is 302 g/mol. The van der Waals surface area contributed by atoms with Crippen LogP contribution in [-0.4, -0.2) is 23.7 Å². The van der Waals surface area contributed by atoms with Gasteiger partial charge in [0.2, 0.25) is 5.88 Å². The predicted octanol–water partition coefficient (Wildman–Crippen LogP) is 2.86. The number of methoxy groups -OCH3 is 1. The summed E-state index contributed by atoms with van der Waals surface area (Å²) in [6, 6.07) is 7.80. The first kappa shape index (κ1) is 15.9. The second kappa shape index (κ2) is 8.07. The second-order valence-corrected chi connectivity index (χ2v) is 4.81. The number of aromatic nitrogens is 2. The Hall–Kier alpha value is -2.50. The Balaban J connectivity index is 2.05. The van der Waals surface area contributed by atoms with Crippen LogP contribution in [0.5, 0.6) is 11.6 Å². The van der Waals surface area contributed by atoms with E-state index in [0.29, 0.717) is 30.5 Å². The van der Waals surface area contributed by atoms with Crippen molar-refractivity contribution in [2.45, 2.75) is 26.3 Å². The number of ether oxygens (including phenoxy) is 2. The number of unbranched alkanes of at least 4 members (excludes halogenated alkanes) is 1. The number of hydrogen-bond donors (Lipinski definition) is 2. The molecule has 118 valence electrons. The molecule has 0 aliphatic heterocycles. The van der Waals surface area contributed by atoms with E-state index in [1.54, 1.807) is 7.11 Å². The zero-order chi connectivity index (χ0) is 15.8. The van der Waals surface area contributed by atoms with E-state index in [2.05, 4.69) is 22.2 Å². The molecular weight excluding hydrogens is 280 g/mol.